The summed E-state index contributed by atoms with van der Waals surface area (Å²) in [5, 5.41) is 12.2. The first-order valence-electron chi connectivity index (χ1n) is 7.66. The van der Waals surface area contributed by atoms with Crippen LogP contribution in [0.25, 0.3) is 5.65 Å². The van der Waals surface area contributed by atoms with Crippen LogP contribution < -0.4 is 5.32 Å². The molecule has 0 amide bonds. The summed E-state index contributed by atoms with van der Waals surface area (Å²) in [6, 6.07) is 6.68. The van der Waals surface area contributed by atoms with Crippen molar-refractivity contribution < 1.29 is 0 Å². The van der Waals surface area contributed by atoms with E-state index >= 15 is 0 Å². The summed E-state index contributed by atoms with van der Waals surface area (Å²) in [4.78, 5) is 0. The van der Waals surface area contributed by atoms with Gasteiger partial charge in [-0.25, -0.2) is 0 Å². The summed E-state index contributed by atoms with van der Waals surface area (Å²) in [7, 11) is 0. The van der Waals surface area contributed by atoms with Crippen molar-refractivity contribution in [1.29, 1.82) is 0 Å². The number of rotatable bonds is 4. The van der Waals surface area contributed by atoms with Gasteiger partial charge in [-0.05, 0) is 36.8 Å². The molecular weight excluding hydrogens is 248 g/mol. The molecule has 4 heteroatoms. The topological polar surface area (TPSA) is 42.2 Å². The highest BCUT2D eigenvalue weighted by atomic mass is 15.2. The maximum absolute atomic E-state index is 4.28. The van der Waals surface area contributed by atoms with Gasteiger partial charge in [-0.15, -0.1) is 10.2 Å². The van der Waals surface area contributed by atoms with Crippen LogP contribution in [0.1, 0.15) is 45.4 Å². The Morgan fingerprint density at radius 1 is 1.35 bits per heavy atom. The molecule has 0 bridgehead atoms. The Morgan fingerprint density at radius 2 is 2.25 bits per heavy atom. The largest absolute Gasteiger partial charge is 0.314 e. The minimum atomic E-state index is 0.497. The third-order valence-corrected chi connectivity index (χ3v) is 4.37. The minimum absolute atomic E-state index is 0.497. The Hall–Kier alpha value is -1.42. The highest BCUT2D eigenvalue weighted by Crippen LogP contribution is 2.34. The van der Waals surface area contributed by atoms with E-state index in [0.29, 0.717) is 11.5 Å². The van der Waals surface area contributed by atoms with Crippen molar-refractivity contribution in [3.8, 4) is 0 Å². The standard InChI is InChI=1S/C16H24N4/c1-16(2)9-5-6-13(12-16)17-10-8-15-19-18-14-7-3-4-11-20(14)15/h3-4,7,11,13,17H,5-6,8-10,12H2,1-2H3. The number of nitrogens with zero attached hydrogens (tertiary/aromatic N) is 3. The molecule has 0 aliphatic heterocycles. The van der Waals surface area contributed by atoms with E-state index in [1.54, 1.807) is 0 Å². The molecule has 1 aliphatic rings. The van der Waals surface area contributed by atoms with Gasteiger partial charge >= 0.3 is 0 Å². The Morgan fingerprint density at radius 3 is 3.10 bits per heavy atom. The predicted octanol–water partition coefficient (Wildman–Crippen LogP) is 2.83. The second kappa shape index (κ2) is 5.52. The lowest BCUT2D eigenvalue weighted by Crippen LogP contribution is -2.38. The van der Waals surface area contributed by atoms with E-state index in [2.05, 4.69) is 33.8 Å². The van der Waals surface area contributed by atoms with E-state index in [4.69, 9.17) is 0 Å². The molecule has 0 radical (unpaired) electrons. The summed E-state index contributed by atoms with van der Waals surface area (Å²) in [5.41, 5.74) is 1.43. The number of hydrogen-bond acceptors (Lipinski definition) is 3. The molecule has 0 aromatic carbocycles. The monoisotopic (exact) mass is 272 g/mol. The van der Waals surface area contributed by atoms with Gasteiger partial charge in [0, 0.05) is 25.2 Å². The summed E-state index contributed by atoms with van der Waals surface area (Å²) in [5.74, 6) is 1.04. The molecule has 1 aliphatic carbocycles. The van der Waals surface area contributed by atoms with Gasteiger partial charge in [-0.1, -0.05) is 26.3 Å². The van der Waals surface area contributed by atoms with Crippen LogP contribution in [0.15, 0.2) is 24.4 Å². The Bertz CT molecular complexity index is 573. The lowest BCUT2D eigenvalue weighted by atomic mass is 9.75. The van der Waals surface area contributed by atoms with E-state index in [1.165, 1.54) is 25.7 Å². The van der Waals surface area contributed by atoms with Gasteiger partial charge in [0.05, 0.1) is 0 Å². The van der Waals surface area contributed by atoms with Crippen molar-refractivity contribution in [1.82, 2.24) is 19.9 Å². The van der Waals surface area contributed by atoms with E-state index in [0.717, 1.165) is 24.4 Å². The zero-order chi connectivity index (χ0) is 14.0. The first kappa shape index (κ1) is 13.6. The number of fused-ring (bicyclic) bond motifs is 1. The normalized spacial score (nSPS) is 22.2. The average Bonchev–Trinajstić information content (AvgIpc) is 2.81. The van der Waals surface area contributed by atoms with Gasteiger partial charge in [-0.3, -0.25) is 4.40 Å². The van der Waals surface area contributed by atoms with Gasteiger partial charge < -0.3 is 5.32 Å². The number of nitrogens with one attached hydrogen (secondary N) is 1. The molecule has 2 aromatic rings. The maximum Gasteiger partial charge on any atom is 0.160 e. The average molecular weight is 272 g/mol. The summed E-state index contributed by atoms with van der Waals surface area (Å²) in [6.45, 7) is 5.75. The Kier molecular flexibility index (Phi) is 3.74. The molecule has 1 fully saturated rings. The van der Waals surface area contributed by atoms with Crippen LogP contribution in [0.4, 0.5) is 0 Å². The van der Waals surface area contributed by atoms with Gasteiger partial charge in [0.1, 0.15) is 5.82 Å². The fourth-order valence-electron chi connectivity index (χ4n) is 3.32. The van der Waals surface area contributed by atoms with Gasteiger partial charge in [0.25, 0.3) is 0 Å². The molecule has 1 atom stereocenters. The van der Waals surface area contributed by atoms with Gasteiger partial charge in [-0.2, -0.15) is 0 Å². The number of pyridine rings is 1. The van der Waals surface area contributed by atoms with Crippen molar-refractivity contribution in [2.45, 2.75) is 52.0 Å². The molecule has 1 saturated carbocycles. The van der Waals surface area contributed by atoms with Crippen LogP contribution in [0.2, 0.25) is 0 Å². The minimum Gasteiger partial charge on any atom is -0.314 e. The van der Waals surface area contributed by atoms with Gasteiger partial charge in [0.2, 0.25) is 0 Å². The Balaban J connectivity index is 1.55. The van der Waals surface area contributed by atoms with Crippen LogP contribution in [0.3, 0.4) is 0 Å². The van der Waals surface area contributed by atoms with Crippen molar-refractivity contribution >= 4 is 5.65 Å². The van der Waals surface area contributed by atoms with E-state index in [9.17, 15) is 0 Å². The zero-order valence-electron chi connectivity index (χ0n) is 12.5. The zero-order valence-corrected chi connectivity index (χ0v) is 12.5. The molecule has 2 heterocycles. The van der Waals surface area contributed by atoms with Crippen molar-refractivity contribution in [3.05, 3.63) is 30.2 Å². The third-order valence-electron chi connectivity index (χ3n) is 4.37. The highest BCUT2D eigenvalue weighted by Gasteiger charge is 2.27. The van der Waals surface area contributed by atoms with Crippen LogP contribution >= 0.6 is 0 Å². The van der Waals surface area contributed by atoms with Crippen LogP contribution in [0, 0.1) is 5.41 Å². The summed E-state index contributed by atoms with van der Waals surface area (Å²) >= 11 is 0. The summed E-state index contributed by atoms with van der Waals surface area (Å²) < 4.78 is 2.08. The molecule has 4 nitrogen and oxygen atoms in total. The highest BCUT2D eigenvalue weighted by molar-refractivity contribution is 5.36. The van der Waals surface area contributed by atoms with E-state index in [-0.39, 0.29) is 0 Å². The molecule has 2 aromatic heterocycles. The molecule has 3 rings (SSSR count). The summed E-state index contributed by atoms with van der Waals surface area (Å²) in [6.07, 6.45) is 8.27. The Labute approximate surface area is 120 Å². The van der Waals surface area contributed by atoms with Crippen molar-refractivity contribution in [2.75, 3.05) is 6.54 Å². The third kappa shape index (κ3) is 3.01. The van der Waals surface area contributed by atoms with Crippen molar-refractivity contribution in [3.63, 3.8) is 0 Å². The fourth-order valence-corrected chi connectivity index (χ4v) is 3.32. The van der Waals surface area contributed by atoms with E-state index < -0.39 is 0 Å². The second-order valence-corrected chi connectivity index (χ2v) is 6.71. The molecule has 108 valence electrons. The maximum atomic E-state index is 4.28. The molecule has 20 heavy (non-hydrogen) atoms. The SMILES string of the molecule is CC1(C)CCCC(NCCc2nnc3ccccn23)C1. The molecule has 0 saturated heterocycles. The number of hydrogen-bond donors (Lipinski definition) is 1. The second-order valence-electron chi connectivity index (χ2n) is 6.71. The first-order chi connectivity index (χ1) is 9.64. The lowest BCUT2D eigenvalue weighted by molar-refractivity contribution is 0.199. The fraction of sp³-hybridized carbons (Fsp3) is 0.625. The van der Waals surface area contributed by atoms with Crippen LogP contribution in [-0.4, -0.2) is 27.2 Å². The lowest BCUT2D eigenvalue weighted by Gasteiger charge is -2.35. The quantitative estimate of drug-likeness (QED) is 0.930. The molecule has 0 spiro atoms. The molecule has 1 unspecified atom stereocenters. The van der Waals surface area contributed by atoms with Crippen LogP contribution in [-0.2, 0) is 6.42 Å². The predicted molar refractivity (Wildman–Crippen MR) is 80.7 cm³/mol. The van der Waals surface area contributed by atoms with Gasteiger partial charge in [0.15, 0.2) is 5.65 Å². The van der Waals surface area contributed by atoms with E-state index in [1.807, 2.05) is 24.4 Å². The molecular formula is C16H24N4. The smallest absolute Gasteiger partial charge is 0.160 e. The molecule has 1 N–H and O–H groups in total. The number of aromatic nitrogens is 3. The first-order valence-corrected chi connectivity index (χ1v) is 7.66. The van der Waals surface area contributed by atoms with Crippen LogP contribution in [0.5, 0.6) is 0 Å². The van der Waals surface area contributed by atoms with Crippen molar-refractivity contribution in [2.24, 2.45) is 5.41 Å².